The Bertz CT molecular complexity index is 386. The molecule has 0 atom stereocenters. The van der Waals surface area contributed by atoms with E-state index in [-0.39, 0.29) is 0 Å². The van der Waals surface area contributed by atoms with E-state index in [4.69, 9.17) is 5.11 Å². The number of carboxylic acids is 1. The first-order valence-corrected chi connectivity index (χ1v) is 7.32. The fourth-order valence-corrected chi connectivity index (χ4v) is 3.23. The number of carboxylic acid groups (broad SMARTS) is 1. The van der Waals surface area contributed by atoms with Crippen molar-refractivity contribution in [3.05, 3.63) is 28.0 Å². The van der Waals surface area contributed by atoms with Crippen LogP contribution in [0.1, 0.15) is 10.4 Å². The van der Waals surface area contributed by atoms with Crippen molar-refractivity contribution in [3.8, 4) is 0 Å². The second kappa shape index (κ2) is 7.53. The monoisotopic (exact) mass is 271 g/mol. The first-order valence-electron chi connectivity index (χ1n) is 5.29. The molecule has 1 rings (SSSR count). The predicted molar refractivity (Wildman–Crippen MR) is 75.7 cm³/mol. The van der Waals surface area contributed by atoms with Crippen LogP contribution >= 0.6 is 23.1 Å². The summed E-state index contributed by atoms with van der Waals surface area (Å²) in [7, 11) is 4.14. The average Bonchev–Trinajstić information content (AvgIpc) is 2.69. The Kier molecular flexibility index (Phi) is 6.32. The van der Waals surface area contributed by atoms with Crippen molar-refractivity contribution in [2.75, 3.05) is 26.4 Å². The van der Waals surface area contributed by atoms with Crippen molar-refractivity contribution in [3.63, 3.8) is 0 Å². The van der Waals surface area contributed by atoms with E-state index in [1.54, 1.807) is 17.4 Å². The molecule has 94 valence electrons. The van der Waals surface area contributed by atoms with Gasteiger partial charge in [-0.3, -0.25) is 0 Å². The maximum Gasteiger partial charge on any atom is 0.328 e. The standard InChI is InChI=1S/C12H17NO2S2/c1-13(2)5-6-16-9-11-7-10(8-17-11)3-4-12(14)15/h3-4,7-8H,5-6,9H2,1-2H3,(H,14,15). The summed E-state index contributed by atoms with van der Waals surface area (Å²) in [5, 5.41) is 10.5. The number of hydrogen-bond donors (Lipinski definition) is 1. The first kappa shape index (κ1) is 14.3. The van der Waals surface area contributed by atoms with Gasteiger partial charge in [-0.15, -0.1) is 11.3 Å². The Balaban J connectivity index is 2.33. The molecule has 0 fully saturated rings. The summed E-state index contributed by atoms with van der Waals surface area (Å²) >= 11 is 3.58. The minimum absolute atomic E-state index is 0.905. The number of rotatable bonds is 7. The molecule has 0 radical (unpaired) electrons. The van der Waals surface area contributed by atoms with Crippen molar-refractivity contribution in [2.24, 2.45) is 0 Å². The van der Waals surface area contributed by atoms with Crippen LogP contribution in [0.15, 0.2) is 17.5 Å². The van der Waals surface area contributed by atoms with Gasteiger partial charge in [0.2, 0.25) is 0 Å². The van der Waals surface area contributed by atoms with Crippen LogP contribution in [0.2, 0.25) is 0 Å². The number of thiophene rings is 1. The molecule has 3 nitrogen and oxygen atoms in total. The average molecular weight is 271 g/mol. The van der Waals surface area contributed by atoms with Gasteiger partial charge >= 0.3 is 5.97 Å². The molecule has 0 amide bonds. The molecule has 0 aliphatic carbocycles. The van der Waals surface area contributed by atoms with Crippen LogP contribution in [0, 0.1) is 0 Å². The summed E-state index contributed by atoms with van der Waals surface area (Å²) in [4.78, 5) is 13.8. The highest BCUT2D eigenvalue weighted by molar-refractivity contribution is 7.98. The molecule has 0 aromatic carbocycles. The third-order valence-corrected chi connectivity index (χ3v) is 4.14. The molecule has 0 saturated heterocycles. The van der Waals surface area contributed by atoms with Crippen LogP contribution in [0.3, 0.4) is 0 Å². The molecule has 0 aliphatic heterocycles. The largest absolute Gasteiger partial charge is 0.478 e. The predicted octanol–water partition coefficient (Wildman–Crippen LogP) is 2.64. The molecule has 0 unspecified atom stereocenters. The highest BCUT2D eigenvalue weighted by Gasteiger charge is 1.99. The molecule has 5 heteroatoms. The lowest BCUT2D eigenvalue weighted by Gasteiger charge is -2.07. The lowest BCUT2D eigenvalue weighted by molar-refractivity contribution is -0.131. The minimum Gasteiger partial charge on any atom is -0.478 e. The third-order valence-electron chi connectivity index (χ3n) is 2.02. The van der Waals surface area contributed by atoms with Crippen molar-refractivity contribution < 1.29 is 9.90 Å². The van der Waals surface area contributed by atoms with Crippen molar-refractivity contribution in [1.29, 1.82) is 0 Å². The van der Waals surface area contributed by atoms with Gasteiger partial charge in [0.25, 0.3) is 0 Å². The lowest BCUT2D eigenvalue weighted by atomic mass is 10.3. The van der Waals surface area contributed by atoms with Gasteiger partial charge in [0.05, 0.1) is 0 Å². The fourth-order valence-electron chi connectivity index (χ4n) is 1.15. The zero-order valence-electron chi connectivity index (χ0n) is 10.0. The van der Waals surface area contributed by atoms with Crippen LogP contribution in [0.5, 0.6) is 0 Å². The van der Waals surface area contributed by atoms with Gasteiger partial charge < -0.3 is 10.0 Å². The summed E-state index contributed by atoms with van der Waals surface area (Å²) in [5.41, 5.74) is 0.973. The molecule has 0 saturated carbocycles. The molecule has 1 aromatic rings. The summed E-state index contributed by atoms with van der Waals surface area (Å²) in [6, 6.07) is 2.05. The van der Waals surface area contributed by atoms with Crippen LogP contribution in [0.25, 0.3) is 6.08 Å². The van der Waals surface area contributed by atoms with Crippen molar-refractivity contribution in [1.82, 2.24) is 4.90 Å². The molecule has 17 heavy (non-hydrogen) atoms. The Morgan fingerprint density at radius 2 is 2.35 bits per heavy atom. The molecule has 0 aliphatic rings. The Morgan fingerprint density at radius 1 is 1.59 bits per heavy atom. The van der Waals surface area contributed by atoms with E-state index >= 15 is 0 Å². The van der Waals surface area contributed by atoms with Crippen LogP contribution in [-0.2, 0) is 10.5 Å². The number of hydrogen-bond acceptors (Lipinski definition) is 4. The van der Waals surface area contributed by atoms with E-state index in [1.807, 2.05) is 23.2 Å². The van der Waals surface area contributed by atoms with Crippen LogP contribution in [0.4, 0.5) is 0 Å². The highest BCUT2D eigenvalue weighted by atomic mass is 32.2. The molecular weight excluding hydrogens is 254 g/mol. The molecule has 1 aromatic heterocycles. The maximum absolute atomic E-state index is 10.4. The zero-order valence-corrected chi connectivity index (χ0v) is 11.7. The molecule has 1 N–H and O–H groups in total. The second-order valence-electron chi connectivity index (χ2n) is 3.87. The maximum atomic E-state index is 10.4. The Morgan fingerprint density at radius 3 is 3.00 bits per heavy atom. The Labute approximate surface area is 110 Å². The smallest absolute Gasteiger partial charge is 0.328 e. The summed E-state index contributed by atoms with van der Waals surface area (Å²) in [6.45, 7) is 1.09. The quantitative estimate of drug-likeness (QED) is 0.611. The molecule has 1 heterocycles. The molecule has 0 bridgehead atoms. The van der Waals surface area contributed by atoms with E-state index in [0.717, 1.165) is 23.6 Å². The van der Waals surface area contributed by atoms with E-state index in [2.05, 4.69) is 19.0 Å². The van der Waals surface area contributed by atoms with Crippen molar-refractivity contribution >= 4 is 35.1 Å². The van der Waals surface area contributed by atoms with Gasteiger partial charge in [0.1, 0.15) is 0 Å². The van der Waals surface area contributed by atoms with Crippen LogP contribution < -0.4 is 0 Å². The number of aliphatic carboxylic acids is 1. The SMILES string of the molecule is CN(C)CCSCc1cc(C=CC(=O)O)cs1. The van der Waals surface area contributed by atoms with E-state index in [1.165, 1.54) is 11.0 Å². The Hall–Kier alpha value is -0.780. The second-order valence-corrected chi connectivity index (χ2v) is 5.97. The lowest BCUT2D eigenvalue weighted by Crippen LogP contribution is -2.14. The van der Waals surface area contributed by atoms with Gasteiger partial charge in [-0.1, -0.05) is 0 Å². The molecular formula is C12H17NO2S2. The first-order chi connectivity index (χ1) is 8.08. The van der Waals surface area contributed by atoms with Gasteiger partial charge in [-0.05, 0) is 37.2 Å². The number of carbonyl (C=O) groups is 1. The van der Waals surface area contributed by atoms with Crippen LogP contribution in [-0.4, -0.2) is 42.4 Å². The fraction of sp³-hybridized carbons (Fsp3) is 0.417. The number of nitrogens with zero attached hydrogens (tertiary/aromatic N) is 1. The zero-order chi connectivity index (χ0) is 12.7. The third kappa shape index (κ3) is 6.51. The highest BCUT2D eigenvalue weighted by Crippen LogP contribution is 2.21. The van der Waals surface area contributed by atoms with E-state index in [9.17, 15) is 4.79 Å². The van der Waals surface area contributed by atoms with Crippen molar-refractivity contribution in [2.45, 2.75) is 5.75 Å². The van der Waals surface area contributed by atoms with Gasteiger partial charge in [0.15, 0.2) is 0 Å². The normalized spacial score (nSPS) is 11.5. The topological polar surface area (TPSA) is 40.5 Å². The minimum atomic E-state index is -0.905. The summed E-state index contributed by atoms with van der Waals surface area (Å²) in [5.74, 6) is 1.21. The van der Waals surface area contributed by atoms with E-state index < -0.39 is 5.97 Å². The molecule has 0 spiro atoms. The number of thioether (sulfide) groups is 1. The van der Waals surface area contributed by atoms with Gasteiger partial charge in [0, 0.05) is 29.0 Å². The van der Waals surface area contributed by atoms with Gasteiger partial charge in [-0.25, -0.2) is 4.79 Å². The van der Waals surface area contributed by atoms with Gasteiger partial charge in [-0.2, -0.15) is 11.8 Å². The summed E-state index contributed by atoms with van der Waals surface area (Å²) in [6.07, 6.45) is 2.80. The van der Waals surface area contributed by atoms with E-state index in [0.29, 0.717) is 0 Å². The summed E-state index contributed by atoms with van der Waals surface area (Å²) < 4.78 is 0.